The Hall–Kier alpha value is -1.35. The fraction of sp³-hybridized carbons (Fsp3) is 0.417. The zero-order valence-corrected chi connectivity index (χ0v) is 9.32. The molecule has 0 radical (unpaired) electrons. The number of oxazole rings is 1. The molecular formula is C12H16N2O. The van der Waals surface area contributed by atoms with Crippen LogP contribution >= 0.6 is 0 Å². The SMILES string of the molecule is Cc1cccc2oc([C@@H](N)C(C)C)nc12. The summed E-state index contributed by atoms with van der Waals surface area (Å²) in [7, 11) is 0. The number of aryl methyl sites for hydroxylation is 1. The first-order valence-corrected chi connectivity index (χ1v) is 5.21. The van der Waals surface area contributed by atoms with Crippen molar-refractivity contribution in [1.82, 2.24) is 4.98 Å². The molecule has 1 heterocycles. The number of rotatable bonds is 2. The van der Waals surface area contributed by atoms with Crippen LogP contribution in [0.5, 0.6) is 0 Å². The summed E-state index contributed by atoms with van der Waals surface area (Å²) in [6.45, 7) is 6.15. The minimum atomic E-state index is -0.128. The van der Waals surface area contributed by atoms with Gasteiger partial charge < -0.3 is 10.2 Å². The lowest BCUT2D eigenvalue weighted by Crippen LogP contribution is -2.16. The van der Waals surface area contributed by atoms with E-state index in [1.165, 1.54) is 0 Å². The first-order valence-electron chi connectivity index (χ1n) is 5.21. The maximum atomic E-state index is 6.00. The van der Waals surface area contributed by atoms with E-state index in [0.717, 1.165) is 16.7 Å². The van der Waals surface area contributed by atoms with Crippen LogP contribution in [0.3, 0.4) is 0 Å². The third-order valence-corrected chi connectivity index (χ3v) is 2.64. The lowest BCUT2D eigenvalue weighted by atomic mass is 10.1. The van der Waals surface area contributed by atoms with Crippen LogP contribution in [0, 0.1) is 12.8 Å². The molecular weight excluding hydrogens is 188 g/mol. The Labute approximate surface area is 89.3 Å². The first kappa shape index (κ1) is 10.2. The highest BCUT2D eigenvalue weighted by Crippen LogP contribution is 2.24. The molecule has 80 valence electrons. The zero-order valence-electron chi connectivity index (χ0n) is 9.32. The molecule has 0 aliphatic rings. The van der Waals surface area contributed by atoms with E-state index >= 15 is 0 Å². The van der Waals surface area contributed by atoms with Gasteiger partial charge in [-0.25, -0.2) is 4.98 Å². The van der Waals surface area contributed by atoms with Gasteiger partial charge in [-0.15, -0.1) is 0 Å². The third-order valence-electron chi connectivity index (χ3n) is 2.64. The van der Waals surface area contributed by atoms with Gasteiger partial charge in [0.2, 0.25) is 5.89 Å². The predicted octanol–water partition coefficient (Wildman–Crippen LogP) is 2.79. The molecule has 0 bridgehead atoms. The van der Waals surface area contributed by atoms with Crippen molar-refractivity contribution in [1.29, 1.82) is 0 Å². The lowest BCUT2D eigenvalue weighted by molar-refractivity contribution is 0.403. The predicted molar refractivity (Wildman–Crippen MR) is 60.5 cm³/mol. The summed E-state index contributed by atoms with van der Waals surface area (Å²) in [5, 5.41) is 0. The number of hydrogen-bond donors (Lipinski definition) is 1. The summed E-state index contributed by atoms with van der Waals surface area (Å²) in [6.07, 6.45) is 0. The van der Waals surface area contributed by atoms with E-state index in [1.54, 1.807) is 0 Å². The highest BCUT2D eigenvalue weighted by Gasteiger charge is 2.17. The average Bonchev–Trinajstić information content (AvgIpc) is 2.61. The van der Waals surface area contributed by atoms with Crippen LogP contribution < -0.4 is 5.73 Å². The number of nitrogens with zero attached hydrogens (tertiary/aromatic N) is 1. The molecule has 1 atom stereocenters. The number of para-hydroxylation sites is 1. The molecule has 3 nitrogen and oxygen atoms in total. The largest absolute Gasteiger partial charge is 0.439 e. The Morgan fingerprint density at radius 3 is 2.67 bits per heavy atom. The molecule has 0 spiro atoms. The van der Waals surface area contributed by atoms with Crippen molar-refractivity contribution in [2.24, 2.45) is 11.7 Å². The molecule has 0 unspecified atom stereocenters. The van der Waals surface area contributed by atoms with Crippen LogP contribution in [0.1, 0.15) is 31.3 Å². The maximum absolute atomic E-state index is 6.00. The van der Waals surface area contributed by atoms with Crippen LogP contribution in [-0.2, 0) is 0 Å². The van der Waals surface area contributed by atoms with Gasteiger partial charge in [0.15, 0.2) is 5.58 Å². The summed E-state index contributed by atoms with van der Waals surface area (Å²) in [5.41, 5.74) is 8.86. The quantitative estimate of drug-likeness (QED) is 0.818. The van der Waals surface area contributed by atoms with E-state index < -0.39 is 0 Å². The van der Waals surface area contributed by atoms with Gasteiger partial charge in [0.25, 0.3) is 0 Å². The minimum Gasteiger partial charge on any atom is -0.439 e. The zero-order chi connectivity index (χ0) is 11.0. The summed E-state index contributed by atoms with van der Waals surface area (Å²) >= 11 is 0. The van der Waals surface area contributed by atoms with Crippen molar-refractivity contribution in [2.75, 3.05) is 0 Å². The molecule has 1 aromatic carbocycles. The first-order chi connectivity index (χ1) is 7.09. The van der Waals surface area contributed by atoms with E-state index in [2.05, 4.69) is 18.8 Å². The number of hydrogen-bond acceptors (Lipinski definition) is 3. The fourth-order valence-corrected chi connectivity index (χ4v) is 1.53. The van der Waals surface area contributed by atoms with Crippen molar-refractivity contribution < 1.29 is 4.42 Å². The van der Waals surface area contributed by atoms with Crippen LogP contribution in [-0.4, -0.2) is 4.98 Å². The minimum absolute atomic E-state index is 0.128. The molecule has 2 aromatic rings. The molecule has 0 saturated heterocycles. The molecule has 0 aliphatic heterocycles. The summed E-state index contributed by atoms with van der Waals surface area (Å²) < 4.78 is 5.64. The molecule has 0 aliphatic carbocycles. The Bertz CT molecular complexity index is 473. The second-order valence-electron chi connectivity index (χ2n) is 4.24. The van der Waals surface area contributed by atoms with Crippen molar-refractivity contribution in [3.63, 3.8) is 0 Å². The highest BCUT2D eigenvalue weighted by molar-refractivity contribution is 5.76. The normalized spacial score (nSPS) is 13.7. The summed E-state index contributed by atoms with van der Waals surface area (Å²) in [4.78, 5) is 4.44. The number of fused-ring (bicyclic) bond motifs is 1. The van der Waals surface area contributed by atoms with Crippen LogP contribution in [0.15, 0.2) is 22.6 Å². The Morgan fingerprint density at radius 1 is 1.33 bits per heavy atom. The third kappa shape index (κ3) is 1.75. The van der Waals surface area contributed by atoms with Gasteiger partial charge in [-0.2, -0.15) is 0 Å². The topological polar surface area (TPSA) is 52.0 Å². The van der Waals surface area contributed by atoms with Crippen LogP contribution in [0.25, 0.3) is 11.1 Å². The van der Waals surface area contributed by atoms with Gasteiger partial charge >= 0.3 is 0 Å². The Morgan fingerprint density at radius 2 is 2.07 bits per heavy atom. The molecule has 2 rings (SSSR count). The highest BCUT2D eigenvalue weighted by atomic mass is 16.3. The molecule has 3 heteroatoms. The van der Waals surface area contributed by atoms with Crippen molar-refractivity contribution in [3.05, 3.63) is 29.7 Å². The maximum Gasteiger partial charge on any atom is 0.212 e. The fourth-order valence-electron chi connectivity index (χ4n) is 1.53. The standard InChI is InChI=1S/C12H16N2O/c1-7(2)10(13)12-14-11-8(3)5-4-6-9(11)15-12/h4-7,10H,13H2,1-3H3/t10-/m0/s1. The Balaban J connectivity index is 2.52. The van der Waals surface area contributed by atoms with Crippen LogP contribution in [0.4, 0.5) is 0 Å². The second kappa shape index (κ2) is 3.66. The molecule has 2 N–H and O–H groups in total. The molecule has 0 fully saturated rings. The van der Waals surface area contributed by atoms with Gasteiger partial charge in [-0.3, -0.25) is 0 Å². The number of benzene rings is 1. The van der Waals surface area contributed by atoms with Crippen molar-refractivity contribution >= 4 is 11.1 Å². The number of nitrogens with two attached hydrogens (primary N) is 1. The van der Waals surface area contributed by atoms with Gasteiger partial charge in [0.1, 0.15) is 5.52 Å². The smallest absolute Gasteiger partial charge is 0.212 e. The summed E-state index contributed by atoms with van der Waals surface area (Å²) in [5.74, 6) is 0.965. The van der Waals surface area contributed by atoms with E-state index in [4.69, 9.17) is 10.2 Å². The van der Waals surface area contributed by atoms with E-state index in [1.807, 2.05) is 25.1 Å². The van der Waals surface area contributed by atoms with Gasteiger partial charge in [0.05, 0.1) is 6.04 Å². The lowest BCUT2D eigenvalue weighted by Gasteiger charge is -2.10. The van der Waals surface area contributed by atoms with E-state index in [9.17, 15) is 0 Å². The summed E-state index contributed by atoms with van der Waals surface area (Å²) in [6, 6.07) is 5.78. The molecule has 0 amide bonds. The van der Waals surface area contributed by atoms with Crippen LogP contribution in [0.2, 0.25) is 0 Å². The monoisotopic (exact) mass is 204 g/mol. The van der Waals surface area contributed by atoms with Crippen molar-refractivity contribution in [3.8, 4) is 0 Å². The molecule has 1 aromatic heterocycles. The van der Waals surface area contributed by atoms with E-state index in [0.29, 0.717) is 11.8 Å². The Kier molecular flexibility index (Phi) is 2.49. The van der Waals surface area contributed by atoms with Gasteiger partial charge in [0, 0.05) is 0 Å². The molecule has 15 heavy (non-hydrogen) atoms. The van der Waals surface area contributed by atoms with E-state index in [-0.39, 0.29) is 6.04 Å². The van der Waals surface area contributed by atoms with Gasteiger partial charge in [-0.05, 0) is 24.5 Å². The van der Waals surface area contributed by atoms with Gasteiger partial charge in [-0.1, -0.05) is 26.0 Å². The van der Waals surface area contributed by atoms with Crippen molar-refractivity contribution in [2.45, 2.75) is 26.8 Å². The second-order valence-corrected chi connectivity index (χ2v) is 4.24. The number of aromatic nitrogens is 1. The molecule has 0 saturated carbocycles. The average molecular weight is 204 g/mol.